The smallest absolute Gasteiger partial charge is 0.410 e. The van der Waals surface area contributed by atoms with Crippen LogP contribution < -0.4 is 5.32 Å². The lowest BCUT2D eigenvalue weighted by Gasteiger charge is -2.48. The molecule has 1 aliphatic rings. The number of likely N-dealkylation sites (N-methyl/N-ethyl adjacent to an activating group) is 1. The summed E-state index contributed by atoms with van der Waals surface area (Å²) >= 11 is 0. The zero-order valence-electron chi connectivity index (χ0n) is 20.5. The van der Waals surface area contributed by atoms with Gasteiger partial charge >= 0.3 is 6.09 Å². The third-order valence-corrected chi connectivity index (χ3v) is 6.87. The number of nitrogens with zero attached hydrogens (tertiary/aromatic N) is 1. The first-order valence-corrected chi connectivity index (χ1v) is 12.2. The van der Waals surface area contributed by atoms with E-state index in [4.69, 9.17) is 4.74 Å². The maximum atomic E-state index is 13.1. The summed E-state index contributed by atoms with van der Waals surface area (Å²) in [6, 6.07) is 19.2. The Morgan fingerprint density at radius 3 is 2.21 bits per heavy atom. The molecule has 0 aromatic heterocycles. The van der Waals surface area contributed by atoms with E-state index in [9.17, 15) is 14.4 Å². The molecule has 1 N–H and O–H groups in total. The normalized spacial score (nSPS) is 16.0. The van der Waals surface area contributed by atoms with Crippen molar-refractivity contribution in [3.05, 3.63) is 71.8 Å². The van der Waals surface area contributed by atoms with Gasteiger partial charge in [0.05, 0.1) is 6.04 Å². The van der Waals surface area contributed by atoms with E-state index >= 15 is 0 Å². The van der Waals surface area contributed by atoms with Crippen LogP contribution in [-0.2, 0) is 20.7 Å². The van der Waals surface area contributed by atoms with E-state index in [-0.39, 0.29) is 11.6 Å². The van der Waals surface area contributed by atoms with Crippen molar-refractivity contribution in [2.75, 3.05) is 7.05 Å². The van der Waals surface area contributed by atoms with Gasteiger partial charge in [-0.1, -0.05) is 74.0 Å². The largest absolute Gasteiger partial charge is 0.437 e. The Morgan fingerprint density at radius 1 is 1.03 bits per heavy atom. The molecule has 1 saturated carbocycles. The Morgan fingerprint density at radius 2 is 1.65 bits per heavy atom. The standard InChI is InChI=1S/C28H36N2O4/c1-4-5-17-24(25(31)26(32)29-21(2)23-15-10-7-11-16-23)34-27(33)30(3)28(18-12-19-28)20-22-13-8-6-9-14-22/h6-11,13-16,21,24H,4-5,12,17-20H2,1-3H3,(H,29,32)/t21-,24+/m1/s1. The predicted molar refractivity (Wildman–Crippen MR) is 132 cm³/mol. The van der Waals surface area contributed by atoms with Gasteiger partial charge < -0.3 is 15.0 Å². The Hall–Kier alpha value is -3.15. The van der Waals surface area contributed by atoms with Gasteiger partial charge in [0.2, 0.25) is 0 Å². The quantitative estimate of drug-likeness (QED) is 0.462. The zero-order valence-corrected chi connectivity index (χ0v) is 20.5. The fraction of sp³-hybridized carbons (Fsp3) is 0.464. The predicted octanol–water partition coefficient (Wildman–Crippen LogP) is 5.23. The van der Waals surface area contributed by atoms with Gasteiger partial charge in [0.1, 0.15) is 0 Å². The number of Topliss-reactive ketones (excluding diaryl/α,β-unsaturated/α-hetero) is 1. The summed E-state index contributed by atoms with van der Waals surface area (Å²) in [7, 11) is 1.74. The molecular formula is C28H36N2O4. The van der Waals surface area contributed by atoms with Crippen molar-refractivity contribution in [1.82, 2.24) is 10.2 Å². The molecule has 3 rings (SSSR count). The number of unbranched alkanes of at least 4 members (excludes halogenated alkanes) is 1. The van der Waals surface area contributed by atoms with Crippen LogP contribution in [0, 0.1) is 0 Å². The van der Waals surface area contributed by atoms with E-state index in [2.05, 4.69) is 17.4 Å². The molecule has 2 atom stereocenters. The van der Waals surface area contributed by atoms with Crippen LogP contribution in [0.15, 0.2) is 60.7 Å². The molecule has 0 heterocycles. The van der Waals surface area contributed by atoms with Crippen LogP contribution in [0.1, 0.15) is 69.5 Å². The number of carbonyl (C=O) groups excluding carboxylic acids is 3. The molecule has 1 aliphatic carbocycles. The number of nitrogens with one attached hydrogen (secondary N) is 1. The summed E-state index contributed by atoms with van der Waals surface area (Å²) < 4.78 is 5.68. The number of rotatable bonds is 11. The van der Waals surface area contributed by atoms with Crippen LogP contribution in [0.2, 0.25) is 0 Å². The lowest BCUT2D eigenvalue weighted by molar-refractivity contribution is -0.144. The maximum Gasteiger partial charge on any atom is 0.410 e. The van der Waals surface area contributed by atoms with Crippen molar-refractivity contribution < 1.29 is 19.1 Å². The van der Waals surface area contributed by atoms with E-state index < -0.39 is 23.9 Å². The summed E-state index contributed by atoms with van der Waals surface area (Å²) in [4.78, 5) is 40.5. The minimum absolute atomic E-state index is 0.319. The second-order valence-corrected chi connectivity index (χ2v) is 9.28. The lowest BCUT2D eigenvalue weighted by Crippen LogP contribution is -2.56. The monoisotopic (exact) mass is 464 g/mol. The highest BCUT2D eigenvalue weighted by atomic mass is 16.6. The van der Waals surface area contributed by atoms with Crippen LogP contribution in [0.4, 0.5) is 4.79 Å². The summed E-state index contributed by atoms with van der Waals surface area (Å²) in [6.07, 6.45) is 3.76. The van der Waals surface area contributed by atoms with E-state index in [1.807, 2.05) is 62.4 Å². The minimum Gasteiger partial charge on any atom is -0.437 e. The second kappa shape index (κ2) is 11.8. The fourth-order valence-corrected chi connectivity index (χ4v) is 4.46. The van der Waals surface area contributed by atoms with Crippen molar-refractivity contribution in [2.45, 2.75) is 76.5 Å². The van der Waals surface area contributed by atoms with E-state index in [1.54, 1.807) is 11.9 Å². The average molecular weight is 465 g/mol. The van der Waals surface area contributed by atoms with Crippen LogP contribution in [0.5, 0.6) is 0 Å². The SMILES string of the molecule is CCCC[C@H](OC(=O)N(C)C1(Cc2ccccc2)CCC1)C(=O)C(=O)N[C@H](C)c1ccccc1. The first-order chi connectivity index (χ1) is 16.4. The van der Waals surface area contributed by atoms with Gasteiger partial charge in [-0.25, -0.2) is 4.79 Å². The first kappa shape index (κ1) is 25.5. The molecule has 34 heavy (non-hydrogen) atoms. The maximum absolute atomic E-state index is 13.1. The number of hydrogen-bond acceptors (Lipinski definition) is 4. The number of ketones is 1. The first-order valence-electron chi connectivity index (χ1n) is 12.2. The van der Waals surface area contributed by atoms with Gasteiger partial charge in [-0.05, 0) is 56.6 Å². The van der Waals surface area contributed by atoms with Gasteiger partial charge in [0.15, 0.2) is 6.10 Å². The van der Waals surface area contributed by atoms with E-state index in [0.29, 0.717) is 12.8 Å². The van der Waals surface area contributed by atoms with E-state index in [0.717, 1.165) is 43.2 Å². The van der Waals surface area contributed by atoms with Crippen molar-refractivity contribution in [2.24, 2.45) is 0 Å². The third kappa shape index (κ3) is 6.25. The highest BCUT2D eigenvalue weighted by Gasteiger charge is 2.44. The van der Waals surface area contributed by atoms with Crippen molar-refractivity contribution in [3.63, 3.8) is 0 Å². The molecular weight excluding hydrogens is 428 g/mol. The Balaban J connectivity index is 1.66. The lowest BCUT2D eigenvalue weighted by atomic mass is 9.72. The van der Waals surface area contributed by atoms with Crippen LogP contribution in [0.3, 0.4) is 0 Å². The number of amides is 2. The molecule has 0 bridgehead atoms. The van der Waals surface area contributed by atoms with Crippen LogP contribution in [-0.4, -0.2) is 41.4 Å². The summed E-state index contributed by atoms with van der Waals surface area (Å²) in [5, 5.41) is 2.75. The van der Waals surface area contributed by atoms with Gasteiger partial charge in [0, 0.05) is 12.6 Å². The fourth-order valence-electron chi connectivity index (χ4n) is 4.46. The molecule has 0 unspecified atom stereocenters. The van der Waals surface area contributed by atoms with Crippen molar-refractivity contribution >= 4 is 17.8 Å². The molecule has 2 amide bonds. The second-order valence-electron chi connectivity index (χ2n) is 9.28. The van der Waals surface area contributed by atoms with Gasteiger partial charge in [0.25, 0.3) is 11.7 Å². The Labute approximate surface area is 202 Å². The van der Waals surface area contributed by atoms with E-state index in [1.165, 1.54) is 0 Å². The Kier molecular flexibility index (Phi) is 8.85. The molecule has 2 aromatic carbocycles. The number of hydrogen-bond donors (Lipinski definition) is 1. The molecule has 182 valence electrons. The summed E-state index contributed by atoms with van der Waals surface area (Å²) in [5.74, 6) is -1.43. The third-order valence-electron chi connectivity index (χ3n) is 6.87. The average Bonchev–Trinajstić information content (AvgIpc) is 2.84. The summed E-state index contributed by atoms with van der Waals surface area (Å²) in [5.41, 5.74) is 1.74. The molecule has 1 fully saturated rings. The van der Waals surface area contributed by atoms with Crippen molar-refractivity contribution in [3.8, 4) is 0 Å². The highest BCUT2D eigenvalue weighted by Crippen LogP contribution is 2.40. The van der Waals surface area contributed by atoms with Crippen molar-refractivity contribution in [1.29, 1.82) is 0 Å². The van der Waals surface area contributed by atoms with Crippen LogP contribution >= 0.6 is 0 Å². The molecule has 0 radical (unpaired) electrons. The molecule has 6 nitrogen and oxygen atoms in total. The molecule has 0 spiro atoms. The number of ether oxygens (including phenoxy) is 1. The van der Waals surface area contributed by atoms with Gasteiger partial charge in [-0.2, -0.15) is 0 Å². The molecule has 0 aliphatic heterocycles. The topological polar surface area (TPSA) is 75.7 Å². The number of carbonyl (C=O) groups is 3. The zero-order chi connectivity index (χ0) is 24.6. The molecule has 6 heteroatoms. The summed E-state index contributed by atoms with van der Waals surface area (Å²) in [6.45, 7) is 3.82. The molecule has 0 saturated heterocycles. The van der Waals surface area contributed by atoms with Gasteiger partial charge in [-0.3, -0.25) is 9.59 Å². The highest BCUT2D eigenvalue weighted by molar-refractivity contribution is 6.38. The van der Waals surface area contributed by atoms with Gasteiger partial charge in [-0.15, -0.1) is 0 Å². The molecule has 2 aromatic rings. The van der Waals surface area contributed by atoms with Crippen LogP contribution in [0.25, 0.3) is 0 Å². The Bertz CT molecular complexity index is 957. The minimum atomic E-state index is -1.09. The number of benzene rings is 2.